The van der Waals surface area contributed by atoms with Gasteiger partial charge in [-0.15, -0.1) is 0 Å². The highest BCUT2D eigenvalue weighted by molar-refractivity contribution is 6.26. The van der Waals surface area contributed by atoms with E-state index in [0.29, 0.717) is 27.8 Å². The average Bonchev–Trinajstić information content (AvgIpc) is 2.96. The topological polar surface area (TPSA) is 90.7 Å². The predicted octanol–water partition coefficient (Wildman–Crippen LogP) is 3.89. The van der Waals surface area contributed by atoms with E-state index in [1.807, 2.05) is 36.4 Å². The summed E-state index contributed by atoms with van der Waals surface area (Å²) >= 11 is 0. The molecule has 25 heavy (non-hydrogen) atoms. The van der Waals surface area contributed by atoms with Crippen molar-refractivity contribution in [2.45, 2.75) is 0 Å². The maximum Gasteiger partial charge on any atom is 0.196 e. The van der Waals surface area contributed by atoms with Crippen LogP contribution in [0, 0.1) is 22.7 Å². The molecule has 3 aromatic carbocycles. The Hall–Kier alpha value is -3.89. The van der Waals surface area contributed by atoms with Gasteiger partial charge in [-0.25, -0.2) is 0 Å². The first-order valence-corrected chi connectivity index (χ1v) is 7.68. The summed E-state index contributed by atoms with van der Waals surface area (Å²) in [6, 6.07) is 20.6. The van der Waals surface area contributed by atoms with Crippen LogP contribution >= 0.6 is 0 Å². The molecule has 0 saturated carbocycles. The molecule has 2 N–H and O–H groups in total. The van der Waals surface area contributed by atoms with Gasteiger partial charge in [0.15, 0.2) is 5.78 Å². The predicted molar refractivity (Wildman–Crippen MR) is 94.6 cm³/mol. The number of carbonyl (C=O) groups excluding carboxylic acids is 1. The van der Waals surface area contributed by atoms with E-state index in [0.717, 1.165) is 5.56 Å². The summed E-state index contributed by atoms with van der Waals surface area (Å²) in [6.45, 7) is 0. The highest BCUT2D eigenvalue weighted by Crippen LogP contribution is 2.47. The third-order valence-electron chi connectivity index (χ3n) is 4.49. The van der Waals surface area contributed by atoms with Crippen LogP contribution in [0.1, 0.15) is 27.0 Å². The molecular formula is C21H11N3O. The second kappa shape index (κ2) is 5.33. The third kappa shape index (κ3) is 1.89. The highest BCUT2D eigenvalue weighted by atomic mass is 16.1. The second-order valence-corrected chi connectivity index (χ2v) is 5.75. The molecule has 0 bridgehead atoms. The van der Waals surface area contributed by atoms with Gasteiger partial charge in [0.05, 0.1) is 22.4 Å². The summed E-state index contributed by atoms with van der Waals surface area (Å²) in [6.07, 6.45) is 0. The minimum atomic E-state index is -0.240. The van der Waals surface area contributed by atoms with Crippen LogP contribution in [-0.4, -0.2) is 5.78 Å². The van der Waals surface area contributed by atoms with Crippen LogP contribution in [0.25, 0.3) is 22.3 Å². The monoisotopic (exact) mass is 321 g/mol. The van der Waals surface area contributed by atoms with Crippen molar-refractivity contribution in [3.05, 3.63) is 76.9 Å². The Morgan fingerprint density at radius 2 is 1.32 bits per heavy atom. The minimum absolute atomic E-state index is 0.136. The van der Waals surface area contributed by atoms with Crippen molar-refractivity contribution in [1.29, 1.82) is 10.5 Å². The quantitative estimate of drug-likeness (QED) is 0.538. The lowest BCUT2D eigenvalue weighted by atomic mass is 9.86. The van der Waals surface area contributed by atoms with Gasteiger partial charge < -0.3 is 5.73 Å². The minimum Gasteiger partial charge on any atom is -0.397 e. The Balaban J connectivity index is 2.22. The van der Waals surface area contributed by atoms with Gasteiger partial charge in [-0.05, 0) is 11.1 Å². The number of benzene rings is 3. The van der Waals surface area contributed by atoms with Gasteiger partial charge in [-0.1, -0.05) is 54.6 Å². The number of carbonyl (C=O) groups is 1. The maximum atomic E-state index is 12.8. The Bertz CT molecular complexity index is 1130. The Kier molecular flexibility index (Phi) is 3.13. The number of anilines is 1. The zero-order chi connectivity index (χ0) is 17.6. The molecule has 0 unspecified atom stereocenters. The van der Waals surface area contributed by atoms with E-state index in [9.17, 15) is 15.3 Å². The average molecular weight is 321 g/mol. The molecule has 4 nitrogen and oxygen atoms in total. The molecule has 0 radical (unpaired) electrons. The lowest BCUT2D eigenvalue weighted by molar-refractivity contribution is 0.104. The van der Waals surface area contributed by atoms with Crippen LogP contribution in [0.2, 0.25) is 0 Å². The van der Waals surface area contributed by atoms with Crippen LogP contribution in [-0.2, 0) is 0 Å². The summed E-state index contributed by atoms with van der Waals surface area (Å²) in [4.78, 5) is 12.8. The Morgan fingerprint density at radius 1 is 0.720 bits per heavy atom. The van der Waals surface area contributed by atoms with E-state index in [-0.39, 0.29) is 22.6 Å². The second-order valence-electron chi connectivity index (χ2n) is 5.75. The van der Waals surface area contributed by atoms with E-state index in [1.165, 1.54) is 0 Å². The van der Waals surface area contributed by atoms with Gasteiger partial charge in [-0.2, -0.15) is 10.5 Å². The molecule has 0 atom stereocenters. The van der Waals surface area contributed by atoms with Crippen LogP contribution in [0.5, 0.6) is 0 Å². The van der Waals surface area contributed by atoms with Crippen LogP contribution in [0.15, 0.2) is 54.6 Å². The Morgan fingerprint density at radius 3 is 1.96 bits per heavy atom. The molecule has 1 aliphatic rings. The summed E-state index contributed by atoms with van der Waals surface area (Å²) in [5, 5.41) is 19.5. The summed E-state index contributed by atoms with van der Waals surface area (Å²) in [5.41, 5.74) is 10.0. The van der Waals surface area contributed by atoms with Crippen molar-refractivity contribution in [2.24, 2.45) is 0 Å². The fourth-order valence-corrected chi connectivity index (χ4v) is 3.43. The van der Waals surface area contributed by atoms with E-state index in [1.54, 1.807) is 18.2 Å². The molecule has 3 aromatic rings. The first kappa shape index (κ1) is 14.7. The van der Waals surface area contributed by atoms with Crippen molar-refractivity contribution in [3.8, 4) is 34.4 Å². The zero-order valence-electron chi connectivity index (χ0n) is 13.1. The van der Waals surface area contributed by atoms with E-state index in [4.69, 9.17) is 5.73 Å². The summed E-state index contributed by atoms with van der Waals surface area (Å²) in [7, 11) is 0. The fourth-order valence-electron chi connectivity index (χ4n) is 3.43. The van der Waals surface area contributed by atoms with Crippen LogP contribution < -0.4 is 5.73 Å². The number of nitrogens with zero attached hydrogens (tertiary/aromatic N) is 2. The van der Waals surface area contributed by atoms with Gasteiger partial charge in [0, 0.05) is 16.7 Å². The number of hydrogen-bond donors (Lipinski definition) is 1. The fraction of sp³-hybridized carbons (Fsp3) is 0. The molecule has 0 fully saturated rings. The molecule has 4 rings (SSSR count). The number of fused-ring (bicyclic) bond motifs is 3. The van der Waals surface area contributed by atoms with Crippen LogP contribution in [0.4, 0.5) is 5.69 Å². The SMILES string of the molecule is N#Cc1c(N)c2c(c(C#N)c1-c1ccccc1)-c1ccccc1C2=O. The van der Waals surface area contributed by atoms with Crippen molar-refractivity contribution in [1.82, 2.24) is 0 Å². The van der Waals surface area contributed by atoms with Gasteiger partial charge in [0.1, 0.15) is 12.1 Å². The Labute approximate surface area is 144 Å². The molecule has 0 aromatic heterocycles. The van der Waals surface area contributed by atoms with Gasteiger partial charge in [0.25, 0.3) is 0 Å². The van der Waals surface area contributed by atoms with Crippen LogP contribution in [0.3, 0.4) is 0 Å². The van der Waals surface area contributed by atoms with E-state index >= 15 is 0 Å². The number of ketones is 1. The normalized spacial score (nSPS) is 11.4. The maximum absolute atomic E-state index is 12.8. The first-order chi connectivity index (χ1) is 12.2. The summed E-state index contributed by atoms with van der Waals surface area (Å²) < 4.78 is 0. The first-order valence-electron chi connectivity index (χ1n) is 7.68. The number of nitrogens with two attached hydrogens (primary N) is 1. The van der Waals surface area contributed by atoms with Crippen molar-refractivity contribution >= 4 is 11.5 Å². The van der Waals surface area contributed by atoms with Crippen molar-refractivity contribution < 1.29 is 4.79 Å². The van der Waals surface area contributed by atoms with Crippen molar-refractivity contribution in [3.63, 3.8) is 0 Å². The molecule has 0 aliphatic heterocycles. The van der Waals surface area contributed by atoms with E-state index in [2.05, 4.69) is 12.1 Å². The van der Waals surface area contributed by atoms with Gasteiger partial charge >= 0.3 is 0 Å². The zero-order valence-corrected chi connectivity index (χ0v) is 13.1. The standard InChI is InChI=1S/C21H11N3O/c22-10-15-17(12-6-2-1-3-7-12)16(11-23)20(24)19-18(15)13-8-4-5-9-14(13)21(19)25/h1-9H,24H2. The molecular weight excluding hydrogens is 310 g/mol. The number of nitriles is 2. The third-order valence-corrected chi connectivity index (χ3v) is 4.49. The highest BCUT2D eigenvalue weighted by Gasteiger charge is 2.35. The molecule has 0 saturated heterocycles. The number of hydrogen-bond acceptors (Lipinski definition) is 4. The van der Waals surface area contributed by atoms with Gasteiger partial charge in [0.2, 0.25) is 0 Å². The lowest BCUT2D eigenvalue weighted by Crippen LogP contribution is -2.06. The van der Waals surface area contributed by atoms with Gasteiger partial charge in [-0.3, -0.25) is 4.79 Å². The number of nitrogen functional groups attached to an aromatic ring is 1. The molecule has 4 heteroatoms. The largest absolute Gasteiger partial charge is 0.397 e. The smallest absolute Gasteiger partial charge is 0.196 e. The molecule has 0 spiro atoms. The number of rotatable bonds is 1. The van der Waals surface area contributed by atoms with Crippen molar-refractivity contribution in [2.75, 3.05) is 5.73 Å². The lowest BCUT2D eigenvalue weighted by Gasteiger charge is -2.15. The molecule has 0 heterocycles. The molecule has 1 aliphatic carbocycles. The molecule has 0 amide bonds. The molecule has 116 valence electrons. The van der Waals surface area contributed by atoms with E-state index < -0.39 is 0 Å². The summed E-state index contributed by atoms with van der Waals surface area (Å²) in [5.74, 6) is -0.240.